The summed E-state index contributed by atoms with van der Waals surface area (Å²) in [5.74, 6) is -1.53. The topological polar surface area (TPSA) is 132 Å². The summed E-state index contributed by atoms with van der Waals surface area (Å²) in [7, 11) is -1.98. The first-order chi connectivity index (χ1) is 25.2. The highest BCUT2D eigenvalue weighted by Crippen LogP contribution is 2.39. The van der Waals surface area contributed by atoms with Gasteiger partial charge in [-0.15, -0.1) is 0 Å². The van der Waals surface area contributed by atoms with E-state index in [0.29, 0.717) is 39.4 Å². The van der Waals surface area contributed by atoms with Gasteiger partial charge in [-0.05, 0) is 60.5 Å². The van der Waals surface area contributed by atoms with Crippen molar-refractivity contribution in [2.24, 2.45) is 0 Å². The van der Waals surface area contributed by atoms with Gasteiger partial charge in [0.2, 0.25) is 0 Å². The summed E-state index contributed by atoms with van der Waals surface area (Å²) in [6.45, 7) is -0.00626. The van der Waals surface area contributed by atoms with Gasteiger partial charge < -0.3 is 9.47 Å². The van der Waals surface area contributed by atoms with Crippen LogP contribution in [0, 0.1) is 17.1 Å². The summed E-state index contributed by atoms with van der Waals surface area (Å²) in [6, 6.07) is 30.5. The van der Waals surface area contributed by atoms with E-state index in [1.165, 1.54) is 13.2 Å². The van der Waals surface area contributed by atoms with Crippen LogP contribution in [0.15, 0.2) is 120 Å². The van der Waals surface area contributed by atoms with Crippen molar-refractivity contribution in [2.75, 3.05) is 18.6 Å². The second kappa shape index (κ2) is 14.1. The number of carbonyl (C=O) groups is 2. The van der Waals surface area contributed by atoms with Crippen molar-refractivity contribution in [1.82, 2.24) is 14.7 Å². The Balaban J connectivity index is 1.39. The lowest BCUT2D eigenvalue weighted by atomic mass is 9.86. The van der Waals surface area contributed by atoms with E-state index >= 15 is 0 Å². The summed E-state index contributed by atoms with van der Waals surface area (Å²) < 4.78 is 52.2. The van der Waals surface area contributed by atoms with Gasteiger partial charge in [0.25, 0.3) is 11.8 Å². The fourth-order valence-electron chi connectivity index (χ4n) is 6.39. The minimum atomic E-state index is -3.49. The van der Waals surface area contributed by atoms with Crippen LogP contribution < -0.4 is 9.47 Å². The third-order valence-corrected chi connectivity index (χ3v) is 10.7. The molecule has 1 saturated heterocycles. The predicted octanol–water partition coefficient (Wildman–Crippen LogP) is 6.18. The van der Waals surface area contributed by atoms with Crippen LogP contribution in [0.3, 0.4) is 0 Å². The molecule has 0 N–H and O–H groups in total. The number of halogens is 1. The monoisotopic (exact) mass is 714 g/mol. The van der Waals surface area contributed by atoms with Crippen molar-refractivity contribution < 1.29 is 31.9 Å². The number of para-hydroxylation sites is 1. The Morgan fingerprint density at radius 3 is 2.37 bits per heavy atom. The predicted molar refractivity (Wildman–Crippen MR) is 192 cm³/mol. The van der Waals surface area contributed by atoms with Crippen LogP contribution in [0.25, 0.3) is 28.6 Å². The van der Waals surface area contributed by atoms with Gasteiger partial charge in [-0.2, -0.15) is 10.4 Å². The van der Waals surface area contributed by atoms with Crippen molar-refractivity contribution in [3.8, 4) is 34.5 Å². The molecule has 7 rings (SSSR count). The first-order valence-electron chi connectivity index (χ1n) is 16.4. The quantitative estimate of drug-likeness (QED) is 0.131. The van der Waals surface area contributed by atoms with Crippen LogP contribution in [0.5, 0.6) is 11.5 Å². The number of sulfone groups is 1. The lowest BCUT2D eigenvalue weighted by molar-refractivity contribution is -0.142. The number of benzene rings is 4. The van der Waals surface area contributed by atoms with Gasteiger partial charge in [-0.3, -0.25) is 14.5 Å². The molecule has 1 atom stereocenters. The van der Waals surface area contributed by atoms with Gasteiger partial charge in [0.15, 0.2) is 9.84 Å². The number of nitrogens with zero attached hydrogens (tertiary/aromatic N) is 4. The van der Waals surface area contributed by atoms with Gasteiger partial charge in [-0.25, -0.2) is 17.5 Å². The van der Waals surface area contributed by atoms with Gasteiger partial charge >= 0.3 is 0 Å². The summed E-state index contributed by atoms with van der Waals surface area (Å²) in [5.41, 5.74) is 2.90. The molecular weight excluding hydrogens is 684 g/mol. The number of amides is 2. The highest BCUT2D eigenvalue weighted by molar-refractivity contribution is 7.91. The largest absolute Gasteiger partial charge is 0.497 e. The molecule has 3 heterocycles. The second-order valence-corrected chi connectivity index (χ2v) is 14.5. The zero-order valence-corrected chi connectivity index (χ0v) is 28.7. The number of rotatable bonds is 9. The molecular formula is C40H31FN4O6S. The molecule has 0 radical (unpaired) electrons. The zero-order chi connectivity index (χ0) is 36.4. The number of hydrogen-bond donors (Lipinski definition) is 0. The molecule has 10 nitrogen and oxygen atoms in total. The number of hydrogen-bond acceptors (Lipinski definition) is 8. The number of nitriles is 1. The van der Waals surface area contributed by atoms with Crippen LogP contribution in [0.4, 0.5) is 4.39 Å². The molecule has 260 valence electrons. The molecule has 2 aliphatic heterocycles. The molecule has 0 spiro atoms. The Morgan fingerprint density at radius 1 is 0.923 bits per heavy atom. The maximum absolute atomic E-state index is 14.5. The Labute approximate surface area is 299 Å². The first kappa shape index (κ1) is 34.1. The zero-order valence-electron chi connectivity index (χ0n) is 27.9. The highest BCUT2D eigenvalue weighted by Gasteiger charge is 2.45. The minimum Gasteiger partial charge on any atom is -0.497 e. The van der Waals surface area contributed by atoms with E-state index < -0.39 is 27.7 Å². The second-order valence-electron chi connectivity index (χ2n) is 12.3. The van der Waals surface area contributed by atoms with E-state index in [1.54, 1.807) is 77.6 Å². The maximum Gasteiger partial charge on any atom is 0.272 e. The Morgan fingerprint density at radius 2 is 1.67 bits per heavy atom. The number of methoxy groups -OCH3 is 1. The van der Waals surface area contributed by atoms with Crippen LogP contribution in [0.2, 0.25) is 0 Å². The Bertz CT molecular complexity index is 2410. The van der Waals surface area contributed by atoms with E-state index in [9.17, 15) is 27.7 Å². The van der Waals surface area contributed by atoms with E-state index in [4.69, 9.17) is 14.6 Å². The highest BCUT2D eigenvalue weighted by atomic mass is 32.2. The van der Waals surface area contributed by atoms with Gasteiger partial charge in [0.1, 0.15) is 41.3 Å². The molecule has 2 aliphatic rings. The van der Waals surface area contributed by atoms with Crippen LogP contribution in [0.1, 0.15) is 23.1 Å². The van der Waals surface area contributed by atoms with Crippen LogP contribution >= 0.6 is 0 Å². The Kier molecular flexibility index (Phi) is 9.28. The minimum absolute atomic E-state index is 0.00626. The number of aromatic nitrogens is 2. The molecule has 2 amide bonds. The molecule has 1 fully saturated rings. The number of imide groups is 1. The average molecular weight is 715 g/mol. The average Bonchev–Trinajstić information content (AvgIpc) is 3.75. The third-order valence-electron chi connectivity index (χ3n) is 8.99. The molecule has 12 heteroatoms. The van der Waals surface area contributed by atoms with E-state index in [1.807, 2.05) is 42.5 Å². The molecule has 4 aromatic carbocycles. The summed E-state index contributed by atoms with van der Waals surface area (Å²) in [5, 5.41) is 15.3. The standard InChI is InChI=1S/C40H31FN4O6S/c1-50-32-16-14-26(15-17-32)37-34(39(46)45(40(47)35(37)22-42)31-18-19-52(48,49)25-31)21-29-23-44(30-10-3-2-4-11-30)43-38(29)27-9-7-12-33(20-27)51-24-28-8-5-6-13-36(28)41/h2-17,20-21,23,31H,18-19,24-25H2,1H3/b34-21-. The molecule has 1 aromatic heterocycles. The lowest BCUT2D eigenvalue weighted by Crippen LogP contribution is -2.49. The van der Waals surface area contributed by atoms with Crippen LogP contribution in [-0.4, -0.2) is 59.6 Å². The summed E-state index contributed by atoms with van der Waals surface area (Å²) in [6.07, 6.45) is 3.38. The van der Waals surface area contributed by atoms with Gasteiger partial charge in [0, 0.05) is 28.5 Å². The Hall–Kier alpha value is -6.32. The number of ether oxygens (including phenoxy) is 2. The van der Waals surface area contributed by atoms with Gasteiger partial charge in [0.05, 0.1) is 35.9 Å². The van der Waals surface area contributed by atoms with E-state index in [2.05, 4.69) is 0 Å². The molecule has 0 bridgehead atoms. The van der Waals surface area contributed by atoms with Crippen molar-refractivity contribution >= 4 is 33.3 Å². The summed E-state index contributed by atoms with van der Waals surface area (Å²) in [4.78, 5) is 29.3. The van der Waals surface area contributed by atoms with Crippen molar-refractivity contribution in [2.45, 2.75) is 19.1 Å². The van der Waals surface area contributed by atoms with Crippen molar-refractivity contribution in [3.05, 3.63) is 143 Å². The van der Waals surface area contributed by atoms with E-state index in [-0.39, 0.29) is 47.1 Å². The number of carbonyl (C=O) groups excluding carboxylic acids is 2. The molecule has 5 aromatic rings. The molecule has 52 heavy (non-hydrogen) atoms. The van der Waals surface area contributed by atoms with E-state index in [0.717, 1.165) is 10.6 Å². The smallest absolute Gasteiger partial charge is 0.272 e. The normalized spacial score (nSPS) is 17.8. The molecule has 0 aliphatic carbocycles. The summed E-state index contributed by atoms with van der Waals surface area (Å²) >= 11 is 0. The fourth-order valence-corrected chi connectivity index (χ4v) is 8.09. The van der Waals surface area contributed by atoms with Gasteiger partial charge in [-0.1, -0.05) is 60.7 Å². The fraction of sp³-hybridized carbons (Fsp3) is 0.150. The van der Waals surface area contributed by atoms with Crippen molar-refractivity contribution in [1.29, 1.82) is 5.26 Å². The lowest BCUT2D eigenvalue weighted by Gasteiger charge is -2.32. The third kappa shape index (κ3) is 6.74. The SMILES string of the molecule is COc1ccc(C2=C(C#N)C(=O)N(C3CCS(=O)(=O)C3)C(=O)/C2=C\c2cn(-c3ccccc3)nc2-c2cccc(OCc3ccccc3F)c2)cc1. The molecule has 1 unspecified atom stereocenters. The van der Waals surface area contributed by atoms with Crippen molar-refractivity contribution in [3.63, 3.8) is 0 Å². The molecule has 0 saturated carbocycles. The maximum atomic E-state index is 14.5. The van der Waals surface area contributed by atoms with Crippen LogP contribution in [-0.2, 0) is 26.0 Å². The first-order valence-corrected chi connectivity index (χ1v) is 18.2.